The second-order valence-corrected chi connectivity index (χ2v) is 11.9. The first kappa shape index (κ1) is 23.0. The van der Waals surface area contributed by atoms with Crippen molar-refractivity contribution in [1.29, 1.82) is 0 Å². The summed E-state index contributed by atoms with van der Waals surface area (Å²) in [6.07, 6.45) is 3.30. The Morgan fingerprint density at radius 1 is 1.07 bits per heavy atom. The monoisotopic (exact) mass is 424 g/mol. The summed E-state index contributed by atoms with van der Waals surface area (Å²) >= 11 is 0. The standard InChI is InChI=1S/C27H37O2P/c1-18(2)25-14-13-19(3)17-26(25)29-30(28,24-11-9-8-10-12-24)23(7)27-21(5)15-20(4)16-22(27)6/h8-12,15-16,18-19,25-26H,7,13-14,17H2,1-6H3/t19-,25+,26-,30?/m1/s1. The molecule has 162 valence electrons. The van der Waals surface area contributed by atoms with Crippen LogP contribution in [0.1, 0.15) is 62.3 Å². The molecule has 30 heavy (non-hydrogen) atoms. The molecule has 2 nitrogen and oxygen atoms in total. The first-order chi connectivity index (χ1) is 14.1. The van der Waals surface area contributed by atoms with E-state index in [9.17, 15) is 4.57 Å². The van der Waals surface area contributed by atoms with Crippen molar-refractivity contribution in [3.8, 4) is 0 Å². The Kier molecular flexibility index (Phi) is 7.10. The molecule has 1 aliphatic carbocycles. The Morgan fingerprint density at radius 3 is 2.23 bits per heavy atom. The molecule has 0 heterocycles. The molecule has 0 N–H and O–H groups in total. The summed E-state index contributed by atoms with van der Waals surface area (Å²) in [6.45, 7) is 17.4. The van der Waals surface area contributed by atoms with Crippen molar-refractivity contribution in [3.63, 3.8) is 0 Å². The summed E-state index contributed by atoms with van der Waals surface area (Å²) < 4.78 is 21.4. The summed E-state index contributed by atoms with van der Waals surface area (Å²) in [5.74, 6) is 1.51. The molecule has 1 saturated carbocycles. The largest absolute Gasteiger partial charge is 0.318 e. The molecule has 0 aliphatic heterocycles. The average molecular weight is 425 g/mol. The van der Waals surface area contributed by atoms with Crippen LogP contribution in [-0.4, -0.2) is 6.10 Å². The molecular weight excluding hydrogens is 387 g/mol. The molecule has 0 aromatic heterocycles. The lowest BCUT2D eigenvalue weighted by molar-refractivity contribution is 0.0516. The second kappa shape index (κ2) is 9.25. The van der Waals surface area contributed by atoms with E-state index in [1.54, 1.807) is 0 Å². The Morgan fingerprint density at radius 2 is 1.67 bits per heavy atom. The number of hydrogen-bond donors (Lipinski definition) is 0. The Balaban J connectivity index is 2.09. The first-order valence-electron chi connectivity index (χ1n) is 11.2. The molecule has 0 spiro atoms. The third-order valence-corrected chi connectivity index (χ3v) is 9.14. The fourth-order valence-electron chi connectivity index (χ4n) is 5.11. The van der Waals surface area contributed by atoms with Gasteiger partial charge in [-0.3, -0.25) is 4.57 Å². The maximum Gasteiger partial charge on any atom is 0.261 e. The van der Waals surface area contributed by atoms with Crippen LogP contribution < -0.4 is 5.30 Å². The van der Waals surface area contributed by atoms with E-state index in [0.717, 1.165) is 34.8 Å². The molecule has 2 aromatic rings. The fourth-order valence-corrected chi connectivity index (χ4v) is 7.51. The Hall–Kier alpha value is -1.63. The van der Waals surface area contributed by atoms with Crippen LogP contribution in [-0.2, 0) is 9.09 Å². The topological polar surface area (TPSA) is 26.3 Å². The third-order valence-electron chi connectivity index (χ3n) is 6.66. The van der Waals surface area contributed by atoms with Gasteiger partial charge in [0.25, 0.3) is 7.37 Å². The highest BCUT2D eigenvalue weighted by Crippen LogP contribution is 2.61. The van der Waals surface area contributed by atoms with E-state index in [1.807, 2.05) is 30.3 Å². The molecule has 0 amide bonds. The average Bonchev–Trinajstić information content (AvgIpc) is 2.67. The van der Waals surface area contributed by atoms with E-state index in [1.165, 1.54) is 12.0 Å². The number of benzene rings is 2. The van der Waals surface area contributed by atoms with E-state index >= 15 is 0 Å². The zero-order valence-electron chi connectivity index (χ0n) is 19.4. The lowest BCUT2D eigenvalue weighted by Gasteiger charge is -2.39. The predicted molar refractivity (Wildman–Crippen MR) is 130 cm³/mol. The Bertz CT molecular complexity index is 922. The number of aryl methyl sites for hydroxylation is 3. The lowest BCUT2D eigenvalue weighted by atomic mass is 9.75. The normalized spacial score (nSPS) is 23.9. The van der Waals surface area contributed by atoms with Gasteiger partial charge in [-0.15, -0.1) is 0 Å². The van der Waals surface area contributed by atoms with Gasteiger partial charge in [-0.2, -0.15) is 0 Å². The minimum Gasteiger partial charge on any atom is -0.318 e. The highest BCUT2D eigenvalue weighted by Gasteiger charge is 2.40. The van der Waals surface area contributed by atoms with Crippen LogP contribution in [0.4, 0.5) is 0 Å². The quantitative estimate of drug-likeness (QED) is 0.445. The molecule has 1 unspecified atom stereocenters. The van der Waals surface area contributed by atoms with Crippen LogP contribution in [0, 0.1) is 38.5 Å². The van der Waals surface area contributed by atoms with Gasteiger partial charge >= 0.3 is 0 Å². The molecule has 1 aliphatic rings. The Labute approximate surface area is 183 Å². The smallest absolute Gasteiger partial charge is 0.261 e. The fraction of sp³-hybridized carbons (Fsp3) is 0.481. The summed E-state index contributed by atoms with van der Waals surface area (Å²) in [5.41, 5.74) is 4.40. The van der Waals surface area contributed by atoms with Crippen molar-refractivity contribution < 1.29 is 9.09 Å². The maximum absolute atomic E-state index is 14.7. The summed E-state index contributed by atoms with van der Waals surface area (Å²) in [4.78, 5) is 0. The molecule has 0 bridgehead atoms. The first-order valence-corrected chi connectivity index (χ1v) is 12.9. The molecule has 1 fully saturated rings. The van der Waals surface area contributed by atoms with Crippen LogP contribution in [0.25, 0.3) is 5.31 Å². The van der Waals surface area contributed by atoms with Gasteiger partial charge in [-0.25, -0.2) is 0 Å². The minimum atomic E-state index is -3.32. The van der Waals surface area contributed by atoms with E-state index in [-0.39, 0.29) is 6.10 Å². The molecular formula is C27H37O2P. The predicted octanol–water partition coefficient (Wildman–Crippen LogP) is 7.66. The van der Waals surface area contributed by atoms with E-state index in [4.69, 9.17) is 4.52 Å². The van der Waals surface area contributed by atoms with Gasteiger partial charge in [0.2, 0.25) is 0 Å². The summed E-state index contributed by atoms with van der Waals surface area (Å²) in [5, 5.41) is 1.37. The third kappa shape index (κ3) is 4.66. The van der Waals surface area contributed by atoms with Crippen molar-refractivity contribution in [2.24, 2.45) is 17.8 Å². The second-order valence-electron chi connectivity index (χ2n) is 9.58. The molecule has 3 heteroatoms. The van der Waals surface area contributed by atoms with Gasteiger partial charge in [0.1, 0.15) is 0 Å². The van der Waals surface area contributed by atoms with Crippen LogP contribution >= 0.6 is 7.37 Å². The molecule has 0 saturated heterocycles. The van der Waals surface area contributed by atoms with Crippen molar-refractivity contribution in [2.75, 3.05) is 0 Å². The molecule has 2 aromatic carbocycles. The van der Waals surface area contributed by atoms with Gasteiger partial charge in [-0.1, -0.05) is 69.7 Å². The molecule has 4 atom stereocenters. The van der Waals surface area contributed by atoms with Crippen molar-refractivity contribution in [1.82, 2.24) is 0 Å². The highest BCUT2D eigenvalue weighted by atomic mass is 31.2. The van der Waals surface area contributed by atoms with Gasteiger partial charge in [0.05, 0.1) is 6.10 Å². The van der Waals surface area contributed by atoms with Gasteiger partial charge in [0, 0.05) is 10.6 Å². The van der Waals surface area contributed by atoms with Crippen LogP contribution in [0.15, 0.2) is 49.0 Å². The molecule has 0 radical (unpaired) electrons. The van der Waals surface area contributed by atoms with Gasteiger partial charge in [-0.05, 0) is 80.2 Å². The highest BCUT2D eigenvalue weighted by molar-refractivity contribution is 7.76. The lowest BCUT2D eigenvalue weighted by Crippen LogP contribution is -2.34. The SMILES string of the molecule is C=C(c1c(C)cc(C)cc1C)P(=O)(O[C@@H]1C[C@H](C)CC[C@H]1C(C)C)c1ccccc1. The van der Waals surface area contributed by atoms with Crippen LogP contribution in [0.3, 0.4) is 0 Å². The zero-order chi connectivity index (χ0) is 22.1. The summed E-state index contributed by atoms with van der Waals surface area (Å²) in [7, 11) is -3.32. The van der Waals surface area contributed by atoms with E-state index in [2.05, 4.69) is 60.3 Å². The summed E-state index contributed by atoms with van der Waals surface area (Å²) in [6, 6.07) is 14.0. The van der Waals surface area contributed by atoms with Crippen LogP contribution in [0.2, 0.25) is 0 Å². The maximum atomic E-state index is 14.7. The minimum absolute atomic E-state index is 0.0115. The van der Waals surface area contributed by atoms with Gasteiger partial charge < -0.3 is 4.52 Å². The zero-order valence-corrected chi connectivity index (χ0v) is 20.3. The van der Waals surface area contributed by atoms with Crippen LogP contribution in [0.5, 0.6) is 0 Å². The number of rotatable bonds is 6. The molecule has 3 rings (SSSR count). The van der Waals surface area contributed by atoms with Crippen molar-refractivity contribution in [3.05, 3.63) is 71.3 Å². The van der Waals surface area contributed by atoms with Crippen molar-refractivity contribution in [2.45, 2.75) is 66.9 Å². The van der Waals surface area contributed by atoms with Crippen molar-refractivity contribution >= 4 is 18.0 Å². The number of hydrogen-bond acceptors (Lipinski definition) is 2. The van der Waals surface area contributed by atoms with E-state index < -0.39 is 7.37 Å². The van der Waals surface area contributed by atoms with Gasteiger partial charge in [0.15, 0.2) is 0 Å². The van der Waals surface area contributed by atoms with E-state index in [0.29, 0.717) is 23.1 Å².